The Kier molecular flexibility index (Phi) is 6.73. The van der Waals surface area contributed by atoms with E-state index in [1.807, 2.05) is 0 Å². The first kappa shape index (κ1) is 27.8. The van der Waals surface area contributed by atoms with Crippen LogP contribution in [0.25, 0.3) is 0 Å². The molecule has 0 unspecified atom stereocenters. The van der Waals surface area contributed by atoms with Crippen LogP contribution in [0.4, 0.5) is 27.6 Å². The lowest BCUT2D eigenvalue weighted by Gasteiger charge is -2.48. The molecule has 0 saturated heterocycles. The van der Waals surface area contributed by atoms with E-state index in [0.717, 1.165) is 32.1 Å². The molecule has 6 rings (SSSR count). The van der Waals surface area contributed by atoms with Crippen LogP contribution in [0.2, 0.25) is 0 Å². The van der Waals surface area contributed by atoms with Crippen LogP contribution in [-0.2, 0) is 31.6 Å². The van der Waals surface area contributed by atoms with Crippen molar-refractivity contribution in [3.05, 3.63) is 76.4 Å². The van der Waals surface area contributed by atoms with Crippen molar-refractivity contribution < 1.29 is 26.7 Å². The van der Waals surface area contributed by atoms with E-state index < -0.39 is 29.0 Å². The van der Waals surface area contributed by atoms with Gasteiger partial charge in [-0.2, -0.15) is 13.2 Å². The maximum Gasteiger partial charge on any atom is 0.416 e. The number of anilines is 1. The lowest BCUT2D eigenvalue weighted by atomic mass is 9.60. The molecule has 1 aromatic heterocycles. The van der Waals surface area contributed by atoms with E-state index in [2.05, 4.69) is 17.1 Å². The summed E-state index contributed by atoms with van der Waals surface area (Å²) in [6, 6.07) is 9.68. The predicted octanol–water partition coefficient (Wildman–Crippen LogP) is 7.59. The topological polar surface area (TPSA) is 51.0 Å². The number of benzene rings is 2. The highest BCUT2D eigenvalue weighted by atomic mass is 19.4. The fourth-order valence-electron chi connectivity index (χ4n) is 7.24. The molecule has 1 aliphatic heterocycles. The molecule has 2 fully saturated rings. The highest BCUT2D eigenvalue weighted by Gasteiger charge is 2.57. The van der Waals surface area contributed by atoms with Crippen LogP contribution in [0.3, 0.4) is 0 Å². The highest BCUT2D eigenvalue weighted by Crippen LogP contribution is 2.55. The third kappa shape index (κ3) is 5.03. The summed E-state index contributed by atoms with van der Waals surface area (Å²) in [6.45, 7) is 1.88. The van der Waals surface area contributed by atoms with Crippen molar-refractivity contribution in [2.24, 2.45) is 13.0 Å². The average molecular weight is 573 g/mol. The van der Waals surface area contributed by atoms with E-state index in [4.69, 9.17) is 0 Å². The molecule has 0 bridgehead atoms. The van der Waals surface area contributed by atoms with E-state index >= 15 is 0 Å². The fraction of sp³-hybridized carbons (Fsp3) is 0.516. The summed E-state index contributed by atoms with van der Waals surface area (Å²) in [5.41, 5.74) is -0.0273. The third-order valence-electron chi connectivity index (χ3n) is 9.47. The Morgan fingerprint density at radius 1 is 1.10 bits per heavy atom. The second kappa shape index (κ2) is 9.91. The van der Waals surface area contributed by atoms with Crippen molar-refractivity contribution in [3.8, 4) is 0 Å². The number of rotatable bonds is 6. The van der Waals surface area contributed by atoms with E-state index in [0.29, 0.717) is 28.6 Å². The summed E-state index contributed by atoms with van der Waals surface area (Å²) in [7, 11) is 1.75. The molecule has 218 valence electrons. The number of fused-ring (bicyclic) bond motifs is 1. The number of aromatic nitrogens is 3. The second-order valence-electron chi connectivity index (χ2n) is 12.2. The molecule has 3 aliphatic rings. The van der Waals surface area contributed by atoms with Gasteiger partial charge in [0.1, 0.15) is 12.2 Å². The molecule has 3 aromatic rings. The number of aryl methyl sites for hydroxylation is 1. The molecule has 0 spiro atoms. The van der Waals surface area contributed by atoms with Gasteiger partial charge in [0, 0.05) is 43.0 Å². The Balaban J connectivity index is 1.35. The molecule has 10 heteroatoms. The molecule has 2 saturated carbocycles. The SMILES string of the molecule is CC[C@@H]1CCC[C@H](c2cc3c(c(C(F)(F)F)c2)CN(c2cccc(C4(Cc5nncn5C)CC(F)(F)C4)c2)C3=O)C1. The van der Waals surface area contributed by atoms with Crippen LogP contribution in [0.1, 0.15) is 96.2 Å². The minimum Gasteiger partial charge on any atom is -0.321 e. The molecule has 5 nitrogen and oxygen atoms in total. The molecule has 1 amide bonds. The molecule has 2 aromatic carbocycles. The van der Waals surface area contributed by atoms with Gasteiger partial charge in [0.25, 0.3) is 5.91 Å². The first-order chi connectivity index (χ1) is 19.4. The standard InChI is InChI=1S/C31H33F5N4O/c1-3-19-6-4-7-20(10-19)21-11-24-25(26(12-21)31(34,35)36)15-40(28(24)41)23-9-5-8-22(13-23)29(16-30(32,33)17-29)14-27-38-37-18-39(27)2/h5,8-9,11-13,18-20H,3-4,6-7,10,14-17H2,1-2H3/t19-,20+/m1/s1. The van der Waals surface area contributed by atoms with E-state index in [9.17, 15) is 26.7 Å². The van der Waals surface area contributed by atoms with Crippen LogP contribution in [0.15, 0.2) is 42.7 Å². The third-order valence-corrected chi connectivity index (χ3v) is 9.47. The quantitative estimate of drug-likeness (QED) is 0.286. The van der Waals surface area contributed by atoms with Gasteiger partial charge in [-0.25, -0.2) is 8.78 Å². The van der Waals surface area contributed by atoms with Crippen LogP contribution < -0.4 is 4.90 Å². The van der Waals surface area contributed by atoms with E-state index in [-0.39, 0.29) is 42.9 Å². The van der Waals surface area contributed by atoms with Crippen LogP contribution >= 0.6 is 0 Å². The van der Waals surface area contributed by atoms with Crippen molar-refractivity contribution in [1.29, 1.82) is 0 Å². The van der Waals surface area contributed by atoms with E-state index in [1.165, 1.54) is 17.3 Å². The average Bonchev–Trinajstić information content (AvgIpc) is 3.48. The Bertz CT molecular complexity index is 1470. The first-order valence-corrected chi connectivity index (χ1v) is 14.3. The molecule has 2 heterocycles. The predicted molar refractivity (Wildman–Crippen MR) is 144 cm³/mol. The summed E-state index contributed by atoms with van der Waals surface area (Å²) in [5.74, 6) is -2.30. The normalized spacial score (nSPS) is 23.4. The van der Waals surface area contributed by atoms with Gasteiger partial charge in [0.15, 0.2) is 0 Å². The van der Waals surface area contributed by atoms with Crippen molar-refractivity contribution in [1.82, 2.24) is 14.8 Å². The van der Waals surface area contributed by atoms with Crippen molar-refractivity contribution in [2.75, 3.05) is 4.90 Å². The Morgan fingerprint density at radius 3 is 2.54 bits per heavy atom. The lowest BCUT2D eigenvalue weighted by Crippen LogP contribution is -2.51. The number of carbonyl (C=O) groups is 1. The van der Waals surface area contributed by atoms with Crippen molar-refractivity contribution >= 4 is 11.6 Å². The molecule has 41 heavy (non-hydrogen) atoms. The number of alkyl halides is 5. The van der Waals surface area contributed by atoms with Gasteiger partial charge in [-0.1, -0.05) is 38.3 Å². The van der Waals surface area contributed by atoms with Gasteiger partial charge in [0.05, 0.1) is 12.1 Å². The van der Waals surface area contributed by atoms with Gasteiger partial charge in [-0.05, 0) is 65.6 Å². The second-order valence-corrected chi connectivity index (χ2v) is 12.2. The van der Waals surface area contributed by atoms with Gasteiger partial charge >= 0.3 is 6.18 Å². The number of carbonyl (C=O) groups excluding carboxylic acids is 1. The van der Waals surface area contributed by atoms with Gasteiger partial charge in [0.2, 0.25) is 5.92 Å². The molecule has 2 aliphatic carbocycles. The number of amides is 1. The fourth-order valence-corrected chi connectivity index (χ4v) is 7.24. The monoisotopic (exact) mass is 572 g/mol. The summed E-state index contributed by atoms with van der Waals surface area (Å²) >= 11 is 0. The van der Waals surface area contributed by atoms with Crippen molar-refractivity contribution in [2.45, 2.75) is 88.3 Å². The lowest BCUT2D eigenvalue weighted by molar-refractivity contribution is -0.138. The number of halogens is 5. The number of hydrogen-bond acceptors (Lipinski definition) is 3. The summed E-state index contributed by atoms with van der Waals surface area (Å²) in [5, 5.41) is 7.95. The zero-order valence-electron chi connectivity index (χ0n) is 23.1. The number of hydrogen-bond donors (Lipinski definition) is 0. The molecule has 0 radical (unpaired) electrons. The minimum atomic E-state index is -4.60. The smallest absolute Gasteiger partial charge is 0.321 e. The van der Waals surface area contributed by atoms with Crippen LogP contribution in [-0.4, -0.2) is 26.6 Å². The highest BCUT2D eigenvalue weighted by molar-refractivity contribution is 6.10. The first-order valence-electron chi connectivity index (χ1n) is 14.3. The summed E-state index contributed by atoms with van der Waals surface area (Å²) < 4.78 is 73.2. The Morgan fingerprint density at radius 2 is 1.88 bits per heavy atom. The van der Waals surface area contributed by atoms with Gasteiger partial charge < -0.3 is 9.47 Å². The van der Waals surface area contributed by atoms with Gasteiger partial charge in [-0.15, -0.1) is 10.2 Å². The molecule has 2 atom stereocenters. The minimum absolute atomic E-state index is 0.00830. The van der Waals surface area contributed by atoms with Gasteiger partial charge in [-0.3, -0.25) is 4.79 Å². The zero-order chi connectivity index (χ0) is 29.2. The maximum absolute atomic E-state index is 14.3. The summed E-state index contributed by atoms with van der Waals surface area (Å²) in [6.07, 6.45) is 1.04. The maximum atomic E-state index is 14.3. The zero-order valence-corrected chi connectivity index (χ0v) is 23.1. The van der Waals surface area contributed by atoms with Crippen molar-refractivity contribution in [3.63, 3.8) is 0 Å². The number of nitrogens with zero attached hydrogens (tertiary/aromatic N) is 4. The Labute approximate surface area is 235 Å². The summed E-state index contributed by atoms with van der Waals surface area (Å²) in [4.78, 5) is 15.0. The van der Waals surface area contributed by atoms with Crippen LogP contribution in [0, 0.1) is 5.92 Å². The molecular formula is C31H33F5N4O. The largest absolute Gasteiger partial charge is 0.416 e. The Hall–Kier alpha value is -3.30. The van der Waals surface area contributed by atoms with E-state index in [1.54, 1.807) is 41.9 Å². The van der Waals surface area contributed by atoms with Crippen LogP contribution in [0.5, 0.6) is 0 Å². The molecular weight excluding hydrogens is 539 g/mol. The molecule has 0 N–H and O–H groups in total.